The van der Waals surface area contributed by atoms with Gasteiger partial charge in [0.25, 0.3) is 0 Å². The number of fused-ring (bicyclic) bond motifs is 3. The molecule has 2 atom stereocenters. The molecule has 1 aliphatic heterocycles. The molecule has 7 nitrogen and oxygen atoms in total. The third kappa shape index (κ3) is 5.31. The lowest BCUT2D eigenvalue weighted by molar-refractivity contribution is -0.00126. The first-order valence-electron chi connectivity index (χ1n) is 12.7. The molecule has 0 spiro atoms. The highest BCUT2D eigenvalue weighted by Crippen LogP contribution is 2.48. The Kier molecular flexibility index (Phi) is 7.24. The van der Waals surface area contributed by atoms with E-state index >= 15 is 0 Å². The minimum Gasteiger partial charge on any atom is -0.474 e. The number of morpholine rings is 1. The van der Waals surface area contributed by atoms with E-state index in [9.17, 15) is 5.26 Å². The van der Waals surface area contributed by atoms with E-state index in [0.29, 0.717) is 12.0 Å². The predicted octanol–water partition coefficient (Wildman–Crippen LogP) is 4.88. The minimum absolute atomic E-state index is 0.202. The van der Waals surface area contributed by atoms with Crippen LogP contribution in [0.4, 0.5) is 0 Å². The lowest BCUT2D eigenvalue weighted by atomic mass is 9.91. The molecule has 2 aliphatic carbocycles. The number of hydrogen-bond donors (Lipinski definition) is 0. The molecule has 1 saturated carbocycles. The summed E-state index contributed by atoms with van der Waals surface area (Å²) in [5, 5.41) is 10.8. The van der Waals surface area contributed by atoms with Crippen LogP contribution in [0.2, 0.25) is 19.6 Å². The molecule has 0 N–H and O–H groups in total. The van der Waals surface area contributed by atoms with Crippen LogP contribution < -0.4 is 4.74 Å². The van der Waals surface area contributed by atoms with Crippen molar-refractivity contribution in [1.82, 2.24) is 14.9 Å². The van der Waals surface area contributed by atoms with Crippen LogP contribution in [-0.2, 0) is 15.6 Å². The number of rotatable bonds is 7. The molecule has 184 valence electrons. The summed E-state index contributed by atoms with van der Waals surface area (Å²) in [6, 6.07) is 3.06. The molecule has 1 unspecified atom stereocenters. The fraction of sp³-hybridized carbons (Fsp3) is 0.720. The van der Waals surface area contributed by atoms with Gasteiger partial charge in [-0.25, -0.2) is 9.97 Å². The first-order chi connectivity index (χ1) is 16.4. The molecule has 34 heavy (non-hydrogen) atoms. The van der Waals surface area contributed by atoms with Gasteiger partial charge in [-0.2, -0.15) is 5.26 Å². The van der Waals surface area contributed by atoms with E-state index < -0.39 is 8.32 Å². The Balaban J connectivity index is 1.31. The predicted molar refractivity (Wildman–Crippen MR) is 136 cm³/mol. The van der Waals surface area contributed by atoms with Crippen molar-refractivity contribution in [2.75, 3.05) is 26.3 Å². The van der Waals surface area contributed by atoms with Crippen LogP contribution in [-0.4, -0.2) is 67.7 Å². The SMILES string of the molecule is C[Si](C)(C)OC(C#N)C[C@H]1CCc2sc3ncnc(OC4CCC(N5CCOCC5)CC4)c3c21. The van der Waals surface area contributed by atoms with E-state index in [2.05, 4.69) is 40.6 Å². The first-order valence-corrected chi connectivity index (χ1v) is 17.0. The van der Waals surface area contributed by atoms with Gasteiger partial charge in [0, 0.05) is 24.0 Å². The van der Waals surface area contributed by atoms with Gasteiger partial charge in [0.15, 0.2) is 8.32 Å². The fourth-order valence-electron chi connectivity index (χ4n) is 5.81. The second kappa shape index (κ2) is 10.2. The van der Waals surface area contributed by atoms with Gasteiger partial charge in [-0.3, -0.25) is 4.90 Å². The lowest BCUT2D eigenvalue weighted by Crippen LogP contribution is -2.46. The highest BCUT2D eigenvalue weighted by molar-refractivity contribution is 7.19. The zero-order valence-electron chi connectivity index (χ0n) is 20.6. The maximum atomic E-state index is 9.74. The van der Waals surface area contributed by atoms with E-state index in [0.717, 1.165) is 74.5 Å². The number of ether oxygens (including phenoxy) is 2. The molecule has 0 bridgehead atoms. The van der Waals surface area contributed by atoms with E-state index in [1.54, 1.807) is 17.7 Å². The highest BCUT2D eigenvalue weighted by Gasteiger charge is 2.34. The van der Waals surface area contributed by atoms with E-state index in [4.69, 9.17) is 13.9 Å². The first kappa shape index (κ1) is 24.1. The van der Waals surface area contributed by atoms with Crippen molar-refractivity contribution >= 4 is 29.9 Å². The Hall–Kier alpha value is -1.57. The molecule has 1 saturated heterocycles. The van der Waals surface area contributed by atoms with Crippen molar-refractivity contribution in [2.45, 2.75) is 88.8 Å². The second-order valence-electron chi connectivity index (χ2n) is 10.8. The summed E-state index contributed by atoms with van der Waals surface area (Å²) in [6.07, 6.45) is 8.77. The van der Waals surface area contributed by atoms with Crippen molar-refractivity contribution in [3.05, 3.63) is 16.8 Å². The van der Waals surface area contributed by atoms with Gasteiger partial charge in [-0.05, 0) is 76.1 Å². The van der Waals surface area contributed by atoms with Crippen molar-refractivity contribution < 1.29 is 13.9 Å². The summed E-state index contributed by atoms with van der Waals surface area (Å²) >= 11 is 1.77. The molecular formula is C25H36N4O3SSi. The van der Waals surface area contributed by atoms with Crippen LogP contribution in [0.25, 0.3) is 10.2 Å². The lowest BCUT2D eigenvalue weighted by Gasteiger charge is -2.38. The Bertz CT molecular complexity index is 1040. The molecule has 3 aliphatic rings. The smallest absolute Gasteiger partial charge is 0.225 e. The average Bonchev–Trinajstić information content (AvgIpc) is 3.39. The van der Waals surface area contributed by atoms with Crippen LogP contribution >= 0.6 is 11.3 Å². The largest absolute Gasteiger partial charge is 0.474 e. The standard InChI is InChI=1S/C25H36N4O3SSi/c1-34(2,3)32-20(15-26)14-17-4-9-21-22(17)23-24(27-16-28-25(23)33-21)31-19-7-5-18(6-8-19)29-10-12-30-13-11-29/h16-20H,4-14H2,1-3H3/t17-,18?,19?,20?/m1/s1. The van der Waals surface area contributed by atoms with Gasteiger partial charge >= 0.3 is 0 Å². The van der Waals surface area contributed by atoms with Gasteiger partial charge < -0.3 is 13.9 Å². The quantitative estimate of drug-likeness (QED) is 0.501. The molecule has 0 radical (unpaired) electrons. The van der Waals surface area contributed by atoms with E-state index in [1.165, 1.54) is 23.3 Å². The van der Waals surface area contributed by atoms with Crippen LogP contribution in [0.15, 0.2) is 6.33 Å². The summed E-state index contributed by atoms with van der Waals surface area (Å²) in [6.45, 7) is 10.2. The third-order valence-corrected chi connectivity index (χ3v) is 9.48. The molecule has 2 fully saturated rings. The van der Waals surface area contributed by atoms with E-state index in [-0.39, 0.29) is 12.2 Å². The fourth-order valence-corrected chi connectivity index (χ4v) is 8.04. The highest BCUT2D eigenvalue weighted by atomic mass is 32.1. The molecule has 3 heterocycles. The normalized spacial score (nSPS) is 26.8. The van der Waals surface area contributed by atoms with Gasteiger partial charge in [0.05, 0.1) is 24.7 Å². The molecule has 2 aromatic heterocycles. The molecule has 2 aromatic rings. The molecule has 0 aromatic carbocycles. The van der Waals surface area contributed by atoms with Gasteiger partial charge in [0.2, 0.25) is 5.88 Å². The molecule has 5 rings (SSSR count). The van der Waals surface area contributed by atoms with Crippen LogP contribution in [0, 0.1) is 11.3 Å². The molecular weight excluding hydrogens is 464 g/mol. The van der Waals surface area contributed by atoms with Gasteiger partial charge in [-0.15, -0.1) is 11.3 Å². The number of hydrogen-bond acceptors (Lipinski definition) is 8. The van der Waals surface area contributed by atoms with E-state index in [1.807, 2.05) is 0 Å². The van der Waals surface area contributed by atoms with Crippen molar-refractivity contribution in [3.8, 4) is 11.9 Å². The zero-order valence-corrected chi connectivity index (χ0v) is 22.4. The van der Waals surface area contributed by atoms with Crippen LogP contribution in [0.1, 0.15) is 54.9 Å². The Morgan fingerprint density at radius 2 is 1.94 bits per heavy atom. The van der Waals surface area contributed by atoms with Crippen molar-refractivity contribution in [2.24, 2.45) is 0 Å². The Labute approximate surface area is 207 Å². The maximum absolute atomic E-state index is 9.74. The number of aryl methyl sites for hydroxylation is 1. The van der Waals surface area contributed by atoms with Gasteiger partial charge in [0.1, 0.15) is 23.4 Å². The summed E-state index contributed by atoms with van der Waals surface area (Å²) in [4.78, 5) is 14.2. The van der Waals surface area contributed by atoms with Gasteiger partial charge in [-0.1, -0.05) is 0 Å². The summed E-state index contributed by atoms with van der Waals surface area (Å²) in [5.41, 5.74) is 1.32. The maximum Gasteiger partial charge on any atom is 0.225 e. The molecule has 0 amide bonds. The Morgan fingerprint density at radius 1 is 1.18 bits per heavy atom. The monoisotopic (exact) mass is 500 g/mol. The second-order valence-corrected chi connectivity index (χ2v) is 16.4. The average molecular weight is 501 g/mol. The third-order valence-electron chi connectivity index (χ3n) is 7.32. The summed E-state index contributed by atoms with van der Waals surface area (Å²) in [7, 11) is -1.78. The zero-order chi connectivity index (χ0) is 23.7. The topological polar surface area (TPSA) is 80.5 Å². The van der Waals surface area contributed by atoms with Crippen molar-refractivity contribution in [1.29, 1.82) is 5.26 Å². The Morgan fingerprint density at radius 3 is 2.65 bits per heavy atom. The summed E-state index contributed by atoms with van der Waals surface area (Å²) in [5.74, 6) is 1.04. The number of aromatic nitrogens is 2. The van der Waals surface area contributed by atoms with Crippen LogP contribution in [0.5, 0.6) is 5.88 Å². The number of nitriles is 1. The summed E-state index contributed by atoms with van der Waals surface area (Å²) < 4.78 is 18.3. The van der Waals surface area contributed by atoms with Crippen LogP contribution in [0.3, 0.4) is 0 Å². The van der Waals surface area contributed by atoms with Crippen molar-refractivity contribution in [3.63, 3.8) is 0 Å². The minimum atomic E-state index is -1.78. The number of nitrogens with zero attached hydrogens (tertiary/aromatic N) is 4. The molecule has 9 heteroatoms. The number of thiophene rings is 1.